The standard InChI is InChI=1S/C25H28N2O4/c1-26(2)27-20-12-18(16-8-6-5-7-9-16)13-21(28)25(20)19(15-24(27)29)17-10-11-22(30-3)23(14-17)31-4/h5-11,14,18-19H,12-13,15H2,1-4H3/t18-,19-/m1/s1. The van der Waals surface area contributed by atoms with Crippen LogP contribution in [-0.2, 0) is 9.59 Å². The van der Waals surface area contributed by atoms with Gasteiger partial charge in [-0.2, -0.15) is 0 Å². The topological polar surface area (TPSA) is 59.1 Å². The lowest BCUT2D eigenvalue weighted by molar-refractivity contribution is -0.143. The van der Waals surface area contributed by atoms with E-state index in [1.807, 2.05) is 50.5 Å². The number of carbonyl (C=O) groups is 2. The van der Waals surface area contributed by atoms with Gasteiger partial charge < -0.3 is 9.47 Å². The van der Waals surface area contributed by atoms with Gasteiger partial charge in [0.2, 0.25) is 5.91 Å². The van der Waals surface area contributed by atoms with E-state index >= 15 is 0 Å². The fraction of sp³-hybridized carbons (Fsp3) is 0.360. The van der Waals surface area contributed by atoms with E-state index in [2.05, 4.69) is 12.1 Å². The second-order valence-electron chi connectivity index (χ2n) is 8.22. The number of hydrogen-bond donors (Lipinski definition) is 0. The molecule has 4 rings (SSSR count). The quantitative estimate of drug-likeness (QED) is 0.734. The predicted octanol–water partition coefficient (Wildman–Crippen LogP) is 3.90. The van der Waals surface area contributed by atoms with Crippen molar-refractivity contribution in [1.82, 2.24) is 10.0 Å². The molecular weight excluding hydrogens is 392 g/mol. The summed E-state index contributed by atoms with van der Waals surface area (Å²) in [6.45, 7) is 0. The van der Waals surface area contributed by atoms with E-state index in [-0.39, 0.29) is 29.9 Å². The summed E-state index contributed by atoms with van der Waals surface area (Å²) in [5, 5.41) is 3.46. The Bertz CT molecular complexity index is 1030. The molecule has 0 radical (unpaired) electrons. The Hall–Kier alpha value is -3.12. The van der Waals surface area contributed by atoms with Crippen LogP contribution in [0.4, 0.5) is 0 Å². The van der Waals surface area contributed by atoms with E-state index in [9.17, 15) is 9.59 Å². The van der Waals surface area contributed by atoms with Crippen LogP contribution in [0.2, 0.25) is 0 Å². The van der Waals surface area contributed by atoms with Crippen LogP contribution in [0.15, 0.2) is 59.8 Å². The Morgan fingerprint density at radius 3 is 2.23 bits per heavy atom. The third-order valence-electron chi connectivity index (χ3n) is 6.18. The molecule has 2 aromatic rings. The number of hydrogen-bond acceptors (Lipinski definition) is 5. The van der Waals surface area contributed by atoms with Crippen molar-refractivity contribution in [3.05, 3.63) is 70.9 Å². The summed E-state index contributed by atoms with van der Waals surface area (Å²) in [4.78, 5) is 26.7. The second-order valence-corrected chi connectivity index (χ2v) is 8.22. The maximum Gasteiger partial charge on any atom is 0.242 e. The van der Waals surface area contributed by atoms with E-state index in [0.29, 0.717) is 24.3 Å². The molecule has 0 saturated heterocycles. The van der Waals surface area contributed by atoms with Crippen molar-refractivity contribution >= 4 is 11.7 Å². The van der Waals surface area contributed by atoms with Gasteiger partial charge in [-0.05, 0) is 35.6 Å². The molecule has 1 aliphatic heterocycles. The number of nitrogens with zero attached hydrogens (tertiary/aromatic N) is 2. The average Bonchev–Trinajstić information content (AvgIpc) is 2.78. The summed E-state index contributed by atoms with van der Waals surface area (Å²) in [5.74, 6) is 1.08. The summed E-state index contributed by atoms with van der Waals surface area (Å²) in [7, 11) is 6.86. The molecule has 1 amide bonds. The van der Waals surface area contributed by atoms with Gasteiger partial charge in [0.05, 0.1) is 14.2 Å². The number of hydrazine groups is 1. The van der Waals surface area contributed by atoms with Gasteiger partial charge >= 0.3 is 0 Å². The minimum absolute atomic E-state index is 0.00922. The lowest BCUT2D eigenvalue weighted by atomic mass is 9.73. The zero-order chi connectivity index (χ0) is 22.1. The van der Waals surface area contributed by atoms with Gasteiger partial charge in [-0.1, -0.05) is 36.4 Å². The van der Waals surface area contributed by atoms with Crippen LogP contribution in [0.25, 0.3) is 0 Å². The van der Waals surface area contributed by atoms with Crippen molar-refractivity contribution in [2.45, 2.75) is 31.1 Å². The lowest BCUT2D eigenvalue weighted by Crippen LogP contribution is -2.47. The average molecular weight is 421 g/mol. The summed E-state index contributed by atoms with van der Waals surface area (Å²) < 4.78 is 10.8. The van der Waals surface area contributed by atoms with Crippen LogP contribution in [-0.4, -0.2) is 50.0 Å². The highest BCUT2D eigenvalue weighted by Crippen LogP contribution is 2.46. The number of benzene rings is 2. The third kappa shape index (κ3) is 3.83. The van der Waals surface area contributed by atoms with Crippen molar-refractivity contribution in [1.29, 1.82) is 0 Å². The summed E-state index contributed by atoms with van der Waals surface area (Å²) in [6, 6.07) is 15.7. The first-order valence-electron chi connectivity index (χ1n) is 10.5. The summed E-state index contributed by atoms with van der Waals surface area (Å²) >= 11 is 0. The number of methoxy groups -OCH3 is 2. The molecule has 162 valence electrons. The fourth-order valence-electron chi connectivity index (χ4n) is 4.80. The van der Waals surface area contributed by atoms with Gasteiger partial charge in [0.25, 0.3) is 0 Å². The van der Waals surface area contributed by atoms with E-state index in [0.717, 1.165) is 22.4 Å². The molecule has 2 aliphatic rings. The van der Waals surface area contributed by atoms with Crippen LogP contribution >= 0.6 is 0 Å². The first kappa shape index (κ1) is 21.1. The molecule has 1 aliphatic carbocycles. The van der Waals surface area contributed by atoms with Gasteiger partial charge in [0.1, 0.15) is 0 Å². The van der Waals surface area contributed by atoms with Crippen molar-refractivity contribution < 1.29 is 19.1 Å². The molecule has 0 fully saturated rings. The van der Waals surface area contributed by atoms with E-state index in [4.69, 9.17) is 9.47 Å². The first-order chi connectivity index (χ1) is 14.9. The lowest BCUT2D eigenvalue weighted by Gasteiger charge is -2.42. The fourth-order valence-corrected chi connectivity index (χ4v) is 4.80. The second kappa shape index (κ2) is 8.55. The first-order valence-corrected chi connectivity index (χ1v) is 10.5. The minimum Gasteiger partial charge on any atom is -0.493 e. The number of amides is 1. The molecule has 31 heavy (non-hydrogen) atoms. The van der Waals surface area contributed by atoms with Crippen LogP contribution in [0.3, 0.4) is 0 Å². The van der Waals surface area contributed by atoms with Crippen molar-refractivity contribution in [2.75, 3.05) is 28.3 Å². The Morgan fingerprint density at radius 2 is 1.58 bits per heavy atom. The summed E-state index contributed by atoms with van der Waals surface area (Å²) in [6.07, 6.45) is 1.34. The van der Waals surface area contributed by atoms with Crippen LogP contribution in [0, 0.1) is 0 Å². The Labute approximate surface area is 183 Å². The monoisotopic (exact) mass is 420 g/mol. The number of carbonyl (C=O) groups excluding carboxylic acids is 2. The highest BCUT2D eigenvalue weighted by molar-refractivity contribution is 6.02. The highest BCUT2D eigenvalue weighted by atomic mass is 16.5. The van der Waals surface area contributed by atoms with E-state index < -0.39 is 0 Å². The number of Topliss-reactive ketones (excluding diaryl/α,β-unsaturated/α-hetero) is 1. The van der Waals surface area contributed by atoms with E-state index in [1.165, 1.54) is 0 Å². The van der Waals surface area contributed by atoms with Crippen molar-refractivity contribution in [3.63, 3.8) is 0 Å². The minimum atomic E-state index is -0.289. The number of allylic oxidation sites excluding steroid dienone is 2. The molecule has 0 spiro atoms. The van der Waals surface area contributed by atoms with Crippen molar-refractivity contribution in [2.24, 2.45) is 0 Å². The number of ketones is 1. The molecule has 0 saturated carbocycles. The molecule has 6 heteroatoms. The van der Waals surface area contributed by atoms with Gasteiger partial charge in [-0.25, -0.2) is 10.0 Å². The number of ether oxygens (including phenoxy) is 2. The Balaban J connectivity index is 1.81. The van der Waals surface area contributed by atoms with Gasteiger partial charge in [-0.15, -0.1) is 0 Å². The molecular formula is C25H28N2O4. The normalized spacial score (nSPS) is 21.4. The molecule has 0 unspecified atom stereocenters. The van der Waals surface area contributed by atoms with E-state index in [1.54, 1.807) is 24.2 Å². The predicted molar refractivity (Wildman–Crippen MR) is 118 cm³/mol. The highest BCUT2D eigenvalue weighted by Gasteiger charge is 2.42. The van der Waals surface area contributed by atoms with Crippen LogP contribution in [0.1, 0.15) is 42.2 Å². The number of rotatable bonds is 5. The van der Waals surface area contributed by atoms with Crippen LogP contribution in [0.5, 0.6) is 11.5 Å². The maximum absolute atomic E-state index is 13.5. The Kier molecular flexibility index (Phi) is 5.83. The van der Waals surface area contributed by atoms with Crippen molar-refractivity contribution in [3.8, 4) is 11.5 Å². The summed E-state index contributed by atoms with van der Waals surface area (Å²) in [5.41, 5.74) is 3.57. The maximum atomic E-state index is 13.5. The molecule has 0 N–H and O–H groups in total. The Morgan fingerprint density at radius 1 is 0.871 bits per heavy atom. The largest absolute Gasteiger partial charge is 0.493 e. The molecule has 0 bridgehead atoms. The zero-order valence-electron chi connectivity index (χ0n) is 18.4. The molecule has 1 heterocycles. The van der Waals surface area contributed by atoms with Crippen LogP contribution < -0.4 is 9.47 Å². The van der Waals surface area contributed by atoms with Gasteiger partial charge in [0, 0.05) is 44.1 Å². The van der Waals surface area contributed by atoms with Gasteiger partial charge in [0.15, 0.2) is 17.3 Å². The molecule has 0 aromatic heterocycles. The smallest absolute Gasteiger partial charge is 0.242 e. The zero-order valence-corrected chi connectivity index (χ0v) is 18.4. The molecule has 2 atom stereocenters. The molecule has 6 nitrogen and oxygen atoms in total. The SMILES string of the molecule is COc1ccc([C@H]2CC(=O)N(N(C)C)C3=C2C(=O)C[C@H](c2ccccc2)C3)cc1OC. The third-order valence-corrected chi connectivity index (χ3v) is 6.18. The molecule has 2 aromatic carbocycles. The van der Waals surface area contributed by atoms with Gasteiger partial charge in [-0.3, -0.25) is 9.59 Å².